The average molecular weight is 354 g/mol. The molecule has 3 aromatic rings. The van der Waals surface area contributed by atoms with E-state index >= 15 is 0 Å². The lowest BCUT2D eigenvalue weighted by Gasteiger charge is -2.20. The van der Waals surface area contributed by atoms with Crippen molar-refractivity contribution in [2.24, 2.45) is 0 Å². The molecule has 3 aromatic carbocycles. The molecule has 1 atom stereocenters. The van der Waals surface area contributed by atoms with Crippen LogP contribution in [-0.4, -0.2) is 0 Å². The highest BCUT2D eigenvalue weighted by Gasteiger charge is 2.33. The molecule has 0 bridgehead atoms. The smallest absolute Gasteiger partial charge is 0.386 e. The monoisotopic (exact) mass is 354 g/mol. The molecule has 4 nitrogen and oxygen atoms in total. The minimum absolute atomic E-state index is 0.409. The van der Waals surface area contributed by atoms with Crippen LogP contribution in [0.15, 0.2) is 78.9 Å². The van der Waals surface area contributed by atoms with Crippen molar-refractivity contribution in [3.8, 4) is 17.2 Å². The van der Waals surface area contributed by atoms with Gasteiger partial charge in [-0.3, -0.25) is 0 Å². The van der Waals surface area contributed by atoms with Crippen molar-refractivity contribution < 1.29 is 18.1 Å². The Bertz CT molecular complexity index is 876. The number of aryl methyl sites for hydroxylation is 2. The Morgan fingerprint density at radius 1 is 0.640 bits per heavy atom. The topological polar surface area (TPSA) is 44.8 Å². The highest BCUT2D eigenvalue weighted by atomic mass is 31.2. The van der Waals surface area contributed by atoms with Crippen LogP contribution in [0.25, 0.3) is 0 Å². The van der Waals surface area contributed by atoms with E-state index < -0.39 is 7.82 Å². The number of para-hydroxylation sites is 2. The molecular weight excluding hydrogens is 335 g/mol. The molecule has 0 aliphatic heterocycles. The largest absolute Gasteiger partial charge is 0.647 e. The molecule has 0 N–H and O–H groups in total. The molecule has 0 saturated carbocycles. The van der Waals surface area contributed by atoms with E-state index in [4.69, 9.17) is 13.6 Å². The van der Waals surface area contributed by atoms with Gasteiger partial charge in [0.15, 0.2) is 0 Å². The molecule has 128 valence electrons. The number of phosphoric ester groups is 1. The molecule has 0 heterocycles. The summed E-state index contributed by atoms with van der Waals surface area (Å²) < 4.78 is 30.2. The van der Waals surface area contributed by atoms with Crippen LogP contribution >= 0.6 is 7.82 Å². The predicted molar refractivity (Wildman–Crippen MR) is 98.3 cm³/mol. The highest BCUT2D eigenvalue weighted by Crippen LogP contribution is 2.50. The molecule has 0 radical (unpaired) electrons. The van der Waals surface area contributed by atoms with Gasteiger partial charge in [0.1, 0.15) is 17.2 Å². The van der Waals surface area contributed by atoms with Crippen molar-refractivity contribution in [3.05, 3.63) is 90.0 Å². The van der Waals surface area contributed by atoms with Crippen LogP contribution < -0.4 is 13.6 Å². The molecule has 0 fully saturated rings. The molecule has 25 heavy (non-hydrogen) atoms. The van der Waals surface area contributed by atoms with Crippen molar-refractivity contribution >= 4 is 7.82 Å². The summed E-state index contributed by atoms with van der Waals surface area (Å²) in [7, 11) is -3.93. The SMILES string of the molecule is Cc1ccc(OP(=O)(Oc2ccccc2)Oc2ccccc2C)cc1. The van der Waals surface area contributed by atoms with Crippen molar-refractivity contribution in [2.75, 3.05) is 0 Å². The zero-order valence-electron chi connectivity index (χ0n) is 14.1. The first kappa shape index (κ1) is 17.1. The van der Waals surface area contributed by atoms with E-state index in [-0.39, 0.29) is 0 Å². The first-order chi connectivity index (χ1) is 12.0. The van der Waals surface area contributed by atoms with Crippen LogP contribution in [0.1, 0.15) is 11.1 Å². The fraction of sp³-hybridized carbons (Fsp3) is 0.100. The summed E-state index contributed by atoms with van der Waals surface area (Å²) in [5.41, 5.74) is 1.91. The molecule has 3 rings (SSSR count). The van der Waals surface area contributed by atoms with Crippen molar-refractivity contribution in [2.45, 2.75) is 13.8 Å². The highest BCUT2D eigenvalue weighted by molar-refractivity contribution is 7.49. The molecule has 0 saturated heterocycles. The lowest BCUT2D eigenvalue weighted by atomic mass is 10.2. The fourth-order valence-electron chi connectivity index (χ4n) is 2.17. The van der Waals surface area contributed by atoms with Gasteiger partial charge in [-0.05, 0) is 49.7 Å². The van der Waals surface area contributed by atoms with Gasteiger partial charge in [-0.1, -0.05) is 54.1 Å². The first-order valence-corrected chi connectivity index (χ1v) is 9.36. The third-order valence-corrected chi connectivity index (χ3v) is 4.79. The van der Waals surface area contributed by atoms with Crippen LogP contribution in [0.4, 0.5) is 0 Å². The van der Waals surface area contributed by atoms with Gasteiger partial charge < -0.3 is 13.6 Å². The summed E-state index contributed by atoms with van der Waals surface area (Å²) >= 11 is 0. The van der Waals surface area contributed by atoms with E-state index in [0.29, 0.717) is 17.2 Å². The minimum Gasteiger partial charge on any atom is -0.386 e. The Hall–Kier alpha value is -2.71. The van der Waals surface area contributed by atoms with E-state index in [1.807, 2.05) is 44.2 Å². The van der Waals surface area contributed by atoms with E-state index in [2.05, 4.69) is 0 Å². The second kappa shape index (κ2) is 7.45. The molecule has 0 spiro atoms. The molecule has 5 heteroatoms. The van der Waals surface area contributed by atoms with Crippen LogP contribution in [0.3, 0.4) is 0 Å². The fourth-order valence-corrected chi connectivity index (χ4v) is 3.49. The zero-order chi connectivity index (χ0) is 17.7. The first-order valence-electron chi connectivity index (χ1n) is 7.90. The molecule has 0 aliphatic rings. The molecule has 0 aliphatic carbocycles. The van der Waals surface area contributed by atoms with Gasteiger partial charge in [0.2, 0.25) is 0 Å². The summed E-state index contributed by atoms with van der Waals surface area (Å²) in [5, 5.41) is 0. The number of hydrogen-bond donors (Lipinski definition) is 0. The van der Waals surface area contributed by atoms with E-state index in [0.717, 1.165) is 11.1 Å². The van der Waals surface area contributed by atoms with Gasteiger partial charge in [0.05, 0.1) is 0 Å². The summed E-state index contributed by atoms with van der Waals surface area (Å²) in [6, 6.07) is 23.3. The van der Waals surface area contributed by atoms with Gasteiger partial charge in [-0.25, -0.2) is 0 Å². The lowest BCUT2D eigenvalue weighted by molar-refractivity contribution is 0.298. The standard InChI is InChI=1S/C20H19O4P/c1-16-12-14-19(15-13-16)23-25(21,22-18-9-4-3-5-10-18)24-20-11-7-6-8-17(20)2/h3-15H,1-2H3. The Morgan fingerprint density at radius 2 is 1.20 bits per heavy atom. The molecule has 0 amide bonds. The van der Waals surface area contributed by atoms with Gasteiger partial charge in [-0.15, -0.1) is 0 Å². The maximum absolute atomic E-state index is 13.3. The van der Waals surface area contributed by atoms with Crippen LogP contribution in [0.5, 0.6) is 17.2 Å². The lowest BCUT2D eigenvalue weighted by Crippen LogP contribution is -2.08. The van der Waals surface area contributed by atoms with Crippen molar-refractivity contribution in [1.82, 2.24) is 0 Å². The third-order valence-electron chi connectivity index (χ3n) is 3.50. The van der Waals surface area contributed by atoms with Crippen LogP contribution in [0.2, 0.25) is 0 Å². The van der Waals surface area contributed by atoms with E-state index in [1.54, 1.807) is 48.5 Å². The summed E-state index contributed by atoms with van der Waals surface area (Å²) in [4.78, 5) is 0. The Morgan fingerprint density at radius 3 is 1.84 bits per heavy atom. The van der Waals surface area contributed by atoms with E-state index in [9.17, 15) is 4.57 Å². The Kier molecular flexibility index (Phi) is 5.11. The summed E-state index contributed by atoms with van der Waals surface area (Å²) in [5.74, 6) is 1.28. The number of hydrogen-bond acceptors (Lipinski definition) is 4. The summed E-state index contributed by atoms with van der Waals surface area (Å²) in [6.07, 6.45) is 0. The Labute approximate surface area is 147 Å². The van der Waals surface area contributed by atoms with Gasteiger partial charge in [0, 0.05) is 0 Å². The van der Waals surface area contributed by atoms with Gasteiger partial charge >= 0.3 is 7.82 Å². The van der Waals surface area contributed by atoms with Gasteiger partial charge in [-0.2, -0.15) is 4.57 Å². The Balaban J connectivity index is 1.91. The van der Waals surface area contributed by atoms with Crippen LogP contribution in [0, 0.1) is 13.8 Å². The van der Waals surface area contributed by atoms with Crippen molar-refractivity contribution in [1.29, 1.82) is 0 Å². The minimum atomic E-state index is -3.93. The maximum atomic E-state index is 13.3. The number of benzene rings is 3. The molecule has 1 unspecified atom stereocenters. The quantitative estimate of drug-likeness (QED) is 0.513. The summed E-state index contributed by atoms with van der Waals surface area (Å²) in [6.45, 7) is 3.84. The maximum Gasteiger partial charge on any atom is 0.647 e. The van der Waals surface area contributed by atoms with Gasteiger partial charge in [0.25, 0.3) is 0 Å². The van der Waals surface area contributed by atoms with Crippen molar-refractivity contribution in [3.63, 3.8) is 0 Å². The van der Waals surface area contributed by atoms with E-state index in [1.165, 1.54) is 0 Å². The molecular formula is C20H19O4P. The molecule has 0 aromatic heterocycles. The third kappa shape index (κ3) is 4.65. The average Bonchev–Trinajstić information content (AvgIpc) is 2.60. The van der Waals surface area contributed by atoms with Crippen LogP contribution in [-0.2, 0) is 4.57 Å². The number of rotatable bonds is 6. The normalized spacial score (nSPS) is 12.9. The predicted octanol–water partition coefficient (Wildman–Crippen LogP) is 5.95. The zero-order valence-corrected chi connectivity index (χ0v) is 15.0. The second-order valence-electron chi connectivity index (χ2n) is 5.61. The number of phosphoric acid groups is 1. The second-order valence-corrected chi connectivity index (χ2v) is 7.05.